The molecular weight excluding hydrogens is 395 g/mol. The fourth-order valence-electron chi connectivity index (χ4n) is 3.19. The van der Waals surface area contributed by atoms with Gasteiger partial charge in [-0.2, -0.15) is 10.1 Å². The molecule has 0 spiro atoms. The molecule has 1 N–H and O–H groups in total. The zero-order chi connectivity index (χ0) is 23.0. The molecule has 3 heterocycles. The Kier molecular flexibility index (Phi) is 8.85. The van der Waals surface area contributed by atoms with E-state index in [-0.39, 0.29) is 11.6 Å². The zero-order valence-electron chi connectivity index (χ0n) is 19.5. The first kappa shape index (κ1) is 24.2. The lowest BCUT2D eigenvalue weighted by atomic mass is 10.2. The molecule has 3 aromatic heterocycles. The monoisotopic (exact) mass is 428 g/mol. The number of aromatic amines is 1. The molecule has 6 nitrogen and oxygen atoms in total. The average molecular weight is 429 g/mol. The zero-order valence-corrected chi connectivity index (χ0v) is 19.5. The number of nitrogens with zero attached hydrogens (tertiary/aromatic N) is 3. The summed E-state index contributed by atoms with van der Waals surface area (Å²) in [6.45, 7) is 14.5. The fraction of sp³-hybridized carbons (Fsp3) is 0.417. The largest absolute Gasteiger partial charge is 0.492 e. The van der Waals surface area contributed by atoms with Gasteiger partial charge in [0.25, 0.3) is 0 Å². The number of aromatic nitrogens is 4. The highest BCUT2D eigenvalue weighted by molar-refractivity contribution is 5.74. The molecule has 31 heavy (non-hydrogen) atoms. The maximum Gasteiger partial charge on any atom is 0.247 e. The summed E-state index contributed by atoms with van der Waals surface area (Å²) in [7, 11) is 0. The van der Waals surface area contributed by atoms with Gasteiger partial charge in [-0.15, -0.1) is 0 Å². The van der Waals surface area contributed by atoms with E-state index >= 15 is 4.39 Å². The van der Waals surface area contributed by atoms with E-state index in [4.69, 9.17) is 9.47 Å². The summed E-state index contributed by atoms with van der Waals surface area (Å²) in [5.41, 5.74) is 3.67. The lowest BCUT2D eigenvalue weighted by Gasteiger charge is -2.10. The van der Waals surface area contributed by atoms with Crippen LogP contribution in [0, 0.1) is 13.8 Å². The maximum atomic E-state index is 15.1. The molecule has 168 valence electrons. The van der Waals surface area contributed by atoms with Crippen molar-refractivity contribution >= 4 is 17.4 Å². The second kappa shape index (κ2) is 11.3. The van der Waals surface area contributed by atoms with Gasteiger partial charge in [-0.25, -0.2) is 8.91 Å². The van der Waals surface area contributed by atoms with Gasteiger partial charge in [0.1, 0.15) is 23.4 Å². The van der Waals surface area contributed by atoms with E-state index in [1.54, 1.807) is 16.8 Å². The summed E-state index contributed by atoms with van der Waals surface area (Å²) in [4.78, 5) is 7.39. The van der Waals surface area contributed by atoms with Crippen molar-refractivity contribution in [2.45, 2.75) is 61.3 Å². The molecule has 0 fully saturated rings. The quantitative estimate of drug-likeness (QED) is 0.494. The predicted molar refractivity (Wildman–Crippen MR) is 124 cm³/mol. The second-order valence-corrected chi connectivity index (χ2v) is 6.55. The molecular formula is C24H33FN4O2. The Bertz CT molecular complexity index is 1060. The standard InChI is InChI=1S/C20H21FN4O2.2C2H6/c1-4-8-26-17-10-25-19(13(17)3)20(22-11-23-25)27-16-7-5-6-15-14(18(16)21)9-12(2)24-15;2*1-2/h5-6,9-11,24H,4,7-8H2,1-3H3;2*1-2H3. The molecule has 1 aliphatic rings. The van der Waals surface area contributed by atoms with Crippen LogP contribution in [0.25, 0.3) is 17.4 Å². The first-order chi connectivity index (χ1) is 15.1. The van der Waals surface area contributed by atoms with E-state index in [1.807, 2.05) is 60.6 Å². The number of fused-ring (bicyclic) bond motifs is 2. The van der Waals surface area contributed by atoms with Crippen LogP contribution >= 0.6 is 0 Å². The number of hydrogen-bond acceptors (Lipinski definition) is 4. The third-order valence-electron chi connectivity index (χ3n) is 4.48. The number of allylic oxidation sites excluding steroid dienone is 1. The summed E-state index contributed by atoms with van der Waals surface area (Å²) in [5.74, 6) is 0.869. The molecule has 0 bridgehead atoms. The van der Waals surface area contributed by atoms with Gasteiger partial charge in [0.15, 0.2) is 5.83 Å². The van der Waals surface area contributed by atoms with Gasteiger partial charge >= 0.3 is 0 Å². The molecule has 0 saturated heterocycles. The average Bonchev–Trinajstić information content (AvgIpc) is 3.29. The third kappa shape index (κ3) is 5.16. The Morgan fingerprint density at radius 1 is 1.19 bits per heavy atom. The number of rotatable bonds is 5. The molecule has 0 saturated carbocycles. The van der Waals surface area contributed by atoms with Crippen molar-refractivity contribution in [3.05, 3.63) is 52.9 Å². The summed E-state index contributed by atoms with van der Waals surface area (Å²) in [6, 6.07) is 1.78. The van der Waals surface area contributed by atoms with Crippen LogP contribution in [0.3, 0.4) is 0 Å². The summed E-state index contributed by atoms with van der Waals surface area (Å²) in [5, 5.41) is 4.22. The number of ether oxygens (including phenoxy) is 2. The van der Waals surface area contributed by atoms with Crippen LogP contribution in [0.4, 0.5) is 4.39 Å². The number of halogens is 1. The van der Waals surface area contributed by atoms with Gasteiger partial charge in [0, 0.05) is 28.9 Å². The molecule has 0 unspecified atom stereocenters. The SMILES string of the molecule is CC.CC.CCCOc1cn2ncnc(OC3=C(F)c4cc(C)[nH]c4C=CC3)c2c1C. The Balaban J connectivity index is 0.000000807. The van der Waals surface area contributed by atoms with Gasteiger partial charge in [0.2, 0.25) is 5.88 Å². The molecule has 1 aliphatic carbocycles. The van der Waals surface area contributed by atoms with Crippen LogP contribution in [0.2, 0.25) is 0 Å². The highest BCUT2D eigenvalue weighted by atomic mass is 19.1. The molecule has 0 aliphatic heterocycles. The van der Waals surface area contributed by atoms with Crippen molar-refractivity contribution in [1.29, 1.82) is 0 Å². The molecule has 0 radical (unpaired) electrons. The van der Waals surface area contributed by atoms with E-state index in [2.05, 4.69) is 15.1 Å². The van der Waals surface area contributed by atoms with Gasteiger partial charge < -0.3 is 14.5 Å². The molecule has 0 amide bonds. The third-order valence-corrected chi connectivity index (χ3v) is 4.48. The van der Waals surface area contributed by atoms with Crippen LogP contribution in [0.5, 0.6) is 11.6 Å². The first-order valence-electron chi connectivity index (χ1n) is 11.0. The van der Waals surface area contributed by atoms with Crippen LogP contribution in [0.15, 0.2) is 30.4 Å². The van der Waals surface area contributed by atoms with Crippen molar-refractivity contribution in [3.63, 3.8) is 0 Å². The van der Waals surface area contributed by atoms with Crippen molar-refractivity contribution < 1.29 is 13.9 Å². The topological polar surface area (TPSA) is 64.4 Å². The lowest BCUT2D eigenvalue weighted by Crippen LogP contribution is -2.02. The van der Waals surface area contributed by atoms with Crippen molar-refractivity contribution in [1.82, 2.24) is 19.6 Å². The smallest absolute Gasteiger partial charge is 0.247 e. The normalized spacial score (nSPS) is 12.4. The summed E-state index contributed by atoms with van der Waals surface area (Å²) in [6.07, 6.45) is 8.16. The van der Waals surface area contributed by atoms with Gasteiger partial charge in [-0.3, -0.25) is 0 Å². The number of hydrogen-bond donors (Lipinski definition) is 1. The lowest BCUT2D eigenvalue weighted by molar-refractivity contribution is 0.315. The minimum atomic E-state index is -0.386. The maximum absolute atomic E-state index is 15.1. The summed E-state index contributed by atoms with van der Waals surface area (Å²) < 4.78 is 28.4. The highest BCUT2D eigenvalue weighted by Gasteiger charge is 2.21. The van der Waals surface area contributed by atoms with Crippen LogP contribution in [-0.4, -0.2) is 26.2 Å². The first-order valence-corrected chi connectivity index (χ1v) is 11.0. The summed E-state index contributed by atoms with van der Waals surface area (Å²) >= 11 is 0. The van der Waals surface area contributed by atoms with Crippen LogP contribution in [-0.2, 0) is 0 Å². The Labute approximate surface area is 183 Å². The Hall–Kier alpha value is -3.09. The minimum Gasteiger partial charge on any atom is -0.492 e. The van der Waals surface area contributed by atoms with Gasteiger partial charge in [0.05, 0.1) is 12.8 Å². The number of aryl methyl sites for hydroxylation is 2. The number of nitrogens with one attached hydrogen (secondary N) is 1. The predicted octanol–water partition coefficient (Wildman–Crippen LogP) is 6.65. The number of H-pyrrole nitrogens is 1. The molecule has 4 rings (SSSR count). The Morgan fingerprint density at radius 3 is 2.65 bits per heavy atom. The molecule has 0 atom stereocenters. The molecule has 7 heteroatoms. The highest BCUT2D eigenvalue weighted by Crippen LogP contribution is 2.34. The van der Waals surface area contributed by atoms with Gasteiger partial charge in [-0.1, -0.05) is 40.7 Å². The fourth-order valence-corrected chi connectivity index (χ4v) is 3.19. The van der Waals surface area contributed by atoms with Gasteiger partial charge in [-0.05, 0) is 32.4 Å². The van der Waals surface area contributed by atoms with E-state index in [0.29, 0.717) is 30.0 Å². The second-order valence-electron chi connectivity index (χ2n) is 6.55. The van der Waals surface area contributed by atoms with Crippen molar-refractivity contribution in [3.8, 4) is 11.6 Å². The van der Waals surface area contributed by atoms with Crippen molar-refractivity contribution in [2.75, 3.05) is 6.61 Å². The van der Waals surface area contributed by atoms with E-state index in [1.165, 1.54) is 6.33 Å². The minimum absolute atomic E-state index is 0.223. The molecule has 0 aromatic carbocycles. The van der Waals surface area contributed by atoms with Crippen LogP contribution in [0.1, 0.15) is 70.0 Å². The van der Waals surface area contributed by atoms with E-state index < -0.39 is 0 Å². The van der Waals surface area contributed by atoms with Crippen LogP contribution < -0.4 is 9.47 Å². The van der Waals surface area contributed by atoms with Crippen molar-refractivity contribution in [2.24, 2.45) is 0 Å². The molecule has 3 aromatic rings. The van der Waals surface area contributed by atoms with E-state index in [9.17, 15) is 0 Å². The Morgan fingerprint density at radius 2 is 1.94 bits per heavy atom. The van der Waals surface area contributed by atoms with E-state index in [0.717, 1.165) is 29.1 Å².